The van der Waals surface area contributed by atoms with Crippen LogP contribution in [-0.2, 0) is 11.3 Å². The zero-order valence-electron chi connectivity index (χ0n) is 11.9. The van der Waals surface area contributed by atoms with Crippen LogP contribution in [0.25, 0.3) is 0 Å². The standard InChI is InChI=1S/C16H16N2O2S/c1-10-7-8-14(21-10)16(20)18-9-12-5-3-4-6-13(12)17-15(19)11(18)2/h3-8,11H,9H2,1-2H3,(H,17,19). The number of amides is 2. The SMILES string of the molecule is Cc1ccc(C(=O)N2Cc3ccccc3NC(=O)C2C)s1. The molecular formula is C16H16N2O2S. The molecule has 1 aromatic heterocycles. The first-order chi connectivity index (χ1) is 10.1. The molecule has 2 heterocycles. The van der Waals surface area contributed by atoms with Crippen LogP contribution in [0.3, 0.4) is 0 Å². The largest absolute Gasteiger partial charge is 0.324 e. The highest BCUT2D eigenvalue weighted by Gasteiger charge is 2.31. The van der Waals surface area contributed by atoms with Gasteiger partial charge >= 0.3 is 0 Å². The maximum atomic E-state index is 12.7. The van der Waals surface area contributed by atoms with Gasteiger partial charge in [-0.25, -0.2) is 0 Å². The van der Waals surface area contributed by atoms with Crippen molar-refractivity contribution in [1.82, 2.24) is 4.90 Å². The van der Waals surface area contributed by atoms with Crippen LogP contribution >= 0.6 is 11.3 Å². The maximum Gasteiger partial charge on any atom is 0.264 e. The summed E-state index contributed by atoms with van der Waals surface area (Å²) in [5.74, 6) is -0.242. The van der Waals surface area contributed by atoms with Crippen LogP contribution in [0.4, 0.5) is 5.69 Å². The first-order valence-corrected chi connectivity index (χ1v) is 7.64. The Kier molecular flexibility index (Phi) is 3.51. The fourth-order valence-corrected chi connectivity index (χ4v) is 3.24. The summed E-state index contributed by atoms with van der Waals surface area (Å²) in [6.07, 6.45) is 0. The molecule has 2 amide bonds. The van der Waals surface area contributed by atoms with Crippen molar-refractivity contribution in [1.29, 1.82) is 0 Å². The number of carbonyl (C=O) groups is 2. The molecule has 5 heteroatoms. The van der Waals surface area contributed by atoms with Gasteiger partial charge < -0.3 is 10.2 Å². The van der Waals surface area contributed by atoms with Crippen LogP contribution in [0.1, 0.15) is 27.0 Å². The van der Waals surface area contributed by atoms with Gasteiger partial charge in [-0.1, -0.05) is 18.2 Å². The summed E-state index contributed by atoms with van der Waals surface area (Å²) in [5.41, 5.74) is 1.74. The van der Waals surface area contributed by atoms with Crippen molar-refractivity contribution in [2.24, 2.45) is 0 Å². The van der Waals surface area contributed by atoms with Crippen molar-refractivity contribution < 1.29 is 9.59 Å². The van der Waals surface area contributed by atoms with E-state index in [9.17, 15) is 9.59 Å². The number of hydrogen-bond acceptors (Lipinski definition) is 3. The lowest BCUT2D eigenvalue weighted by Gasteiger charge is -2.25. The van der Waals surface area contributed by atoms with Gasteiger partial charge in [0.25, 0.3) is 5.91 Å². The lowest BCUT2D eigenvalue weighted by molar-refractivity contribution is -0.119. The molecule has 0 saturated heterocycles. The summed E-state index contributed by atoms with van der Waals surface area (Å²) in [4.78, 5) is 28.3. The Morgan fingerprint density at radius 2 is 2.05 bits per heavy atom. The average molecular weight is 300 g/mol. The molecule has 0 saturated carbocycles. The van der Waals surface area contributed by atoms with E-state index in [0.29, 0.717) is 11.4 Å². The fraction of sp³-hybridized carbons (Fsp3) is 0.250. The summed E-state index contributed by atoms with van der Waals surface area (Å²) in [6.45, 7) is 4.17. The number of para-hydroxylation sites is 1. The molecule has 1 atom stereocenters. The van der Waals surface area contributed by atoms with Gasteiger partial charge in [0.2, 0.25) is 5.91 Å². The van der Waals surface area contributed by atoms with Gasteiger partial charge in [0.15, 0.2) is 0 Å². The van der Waals surface area contributed by atoms with Crippen LogP contribution in [0.15, 0.2) is 36.4 Å². The predicted molar refractivity (Wildman–Crippen MR) is 83.5 cm³/mol. The van der Waals surface area contributed by atoms with Crippen molar-refractivity contribution in [3.63, 3.8) is 0 Å². The smallest absolute Gasteiger partial charge is 0.264 e. The van der Waals surface area contributed by atoms with E-state index in [0.717, 1.165) is 16.1 Å². The van der Waals surface area contributed by atoms with Gasteiger partial charge in [0, 0.05) is 17.1 Å². The Hall–Kier alpha value is -2.14. The Morgan fingerprint density at radius 3 is 2.76 bits per heavy atom. The highest BCUT2D eigenvalue weighted by molar-refractivity contribution is 7.13. The molecule has 1 aromatic carbocycles. The third-order valence-corrected chi connectivity index (χ3v) is 4.66. The molecule has 2 aromatic rings. The molecule has 0 fully saturated rings. The fourth-order valence-electron chi connectivity index (χ4n) is 2.42. The Bertz CT molecular complexity index is 708. The van der Waals surface area contributed by atoms with E-state index in [2.05, 4.69) is 5.32 Å². The second-order valence-electron chi connectivity index (χ2n) is 5.17. The number of anilines is 1. The van der Waals surface area contributed by atoms with Crippen LogP contribution in [0.2, 0.25) is 0 Å². The van der Waals surface area contributed by atoms with E-state index >= 15 is 0 Å². The molecule has 1 aliphatic rings. The third-order valence-electron chi connectivity index (χ3n) is 3.67. The van der Waals surface area contributed by atoms with Crippen molar-refractivity contribution in [3.05, 3.63) is 51.7 Å². The number of benzene rings is 1. The third kappa shape index (κ3) is 2.56. The van der Waals surface area contributed by atoms with Crippen LogP contribution in [0, 0.1) is 6.92 Å². The monoisotopic (exact) mass is 300 g/mol. The number of aryl methyl sites for hydroxylation is 1. The zero-order chi connectivity index (χ0) is 15.0. The minimum absolute atomic E-state index is 0.0903. The van der Waals surface area contributed by atoms with E-state index < -0.39 is 6.04 Å². The summed E-state index contributed by atoms with van der Waals surface area (Å²) >= 11 is 1.46. The van der Waals surface area contributed by atoms with Crippen molar-refractivity contribution in [2.75, 3.05) is 5.32 Å². The van der Waals surface area contributed by atoms with E-state index in [1.54, 1.807) is 11.8 Å². The number of thiophene rings is 1. The molecule has 108 valence electrons. The molecule has 0 radical (unpaired) electrons. The molecule has 1 unspecified atom stereocenters. The Balaban J connectivity index is 1.97. The molecule has 0 spiro atoms. The number of nitrogens with zero attached hydrogens (tertiary/aromatic N) is 1. The van der Waals surface area contributed by atoms with Crippen molar-refractivity contribution in [3.8, 4) is 0 Å². The van der Waals surface area contributed by atoms with Gasteiger partial charge in [-0.05, 0) is 37.6 Å². The number of nitrogens with one attached hydrogen (secondary N) is 1. The summed E-state index contributed by atoms with van der Waals surface area (Å²) < 4.78 is 0. The topological polar surface area (TPSA) is 49.4 Å². The van der Waals surface area contributed by atoms with E-state index in [1.807, 2.05) is 43.3 Å². The summed E-state index contributed by atoms with van der Waals surface area (Å²) in [5, 5.41) is 2.88. The molecule has 0 bridgehead atoms. The molecule has 1 aliphatic heterocycles. The molecule has 1 N–H and O–H groups in total. The molecule has 0 aliphatic carbocycles. The van der Waals surface area contributed by atoms with E-state index in [-0.39, 0.29) is 11.8 Å². The lowest BCUT2D eigenvalue weighted by atomic mass is 10.1. The van der Waals surface area contributed by atoms with E-state index in [1.165, 1.54) is 11.3 Å². The highest BCUT2D eigenvalue weighted by atomic mass is 32.1. The van der Waals surface area contributed by atoms with Gasteiger partial charge in [0.05, 0.1) is 4.88 Å². The minimum Gasteiger partial charge on any atom is -0.324 e. The van der Waals surface area contributed by atoms with Crippen LogP contribution in [-0.4, -0.2) is 22.8 Å². The Labute approximate surface area is 127 Å². The minimum atomic E-state index is -0.493. The molecule has 21 heavy (non-hydrogen) atoms. The second kappa shape index (κ2) is 5.33. The highest BCUT2D eigenvalue weighted by Crippen LogP contribution is 2.26. The van der Waals surface area contributed by atoms with Crippen LogP contribution in [0.5, 0.6) is 0 Å². The molecule has 3 rings (SSSR count). The number of fused-ring (bicyclic) bond motifs is 1. The Morgan fingerprint density at radius 1 is 1.29 bits per heavy atom. The average Bonchev–Trinajstić information content (AvgIpc) is 2.86. The van der Waals surface area contributed by atoms with Crippen LogP contribution < -0.4 is 5.32 Å². The maximum absolute atomic E-state index is 12.7. The normalized spacial score (nSPS) is 17.9. The molecular weight excluding hydrogens is 284 g/mol. The number of rotatable bonds is 1. The first kappa shape index (κ1) is 13.8. The summed E-state index contributed by atoms with van der Waals surface area (Å²) in [7, 11) is 0. The zero-order valence-corrected chi connectivity index (χ0v) is 12.7. The number of carbonyl (C=O) groups excluding carboxylic acids is 2. The van der Waals surface area contributed by atoms with Crippen molar-refractivity contribution in [2.45, 2.75) is 26.4 Å². The second-order valence-corrected chi connectivity index (χ2v) is 6.45. The van der Waals surface area contributed by atoms with Crippen molar-refractivity contribution >= 4 is 28.8 Å². The summed E-state index contributed by atoms with van der Waals surface area (Å²) in [6, 6.07) is 10.9. The van der Waals surface area contributed by atoms with Gasteiger partial charge in [-0.2, -0.15) is 0 Å². The lowest BCUT2D eigenvalue weighted by Crippen LogP contribution is -2.43. The van der Waals surface area contributed by atoms with E-state index in [4.69, 9.17) is 0 Å². The predicted octanol–water partition coefficient (Wildman–Crippen LogP) is 3.04. The quantitative estimate of drug-likeness (QED) is 0.880. The first-order valence-electron chi connectivity index (χ1n) is 6.82. The van der Waals surface area contributed by atoms with Gasteiger partial charge in [0.1, 0.15) is 6.04 Å². The number of hydrogen-bond donors (Lipinski definition) is 1. The van der Waals surface area contributed by atoms with Gasteiger partial charge in [-0.3, -0.25) is 9.59 Å². The molecule has 4 nitrogen and oxygen atoms in total. The van der Waals surface area contributed by atoms with Gasteiger partial charge in [-0.15, -0.1) is 11.3 Å².